The van der Waals surface area contributed by atoms with E-state index in [1.165, 1.54) is 0 Å². The van der Waals surface area contributed by atoms with Gasteiger partial charge in [-0.05, 0) is 30.3 Å². The van der Waals surface area contributed by atoms with Gasteiger partial charge in [0.15, 0.2) is 23.0 Å². The van der Waals surface area contributed by atoms with E-state index >= 15 is 0 Å². The lowest BCUT2D eigenvalue weighted by molar-refractivity contribution is 0.324. The molecule has 3 rings (SSSR count). The van der Waals surface area contributed by atoms with Crippen LogP contribution in [0.2, 0.25) is 0 Å². The Hall–Kier alpha value is -3.68. The van der Waals surface area contributed by atoms with Crippen LogP contribution in [-0.2, 0) is 0 Å². The lowest BCUT2D eigenvalue weighted by Crippen LogP contribution is -2.00. The number of ether oxygens (including phenoxy) is 5. The number of rotatable bonds is 8. The molecule has 29 heavy (non-hydrogen) atoms. The standard InChI is InChI=1S/C21H23N3O5/c1-25-16-7-6-14(12-17(16)26-2)23-21-22-9-8-15(24-21)13-10-18(27-3)20(29-5)19(11-13)28-4/h6-12H,1-5H3,(H,22,23,24). The van der Waals surface area contributed by atoms with E-state index in [0.29, 0.717) is 40.4 Å². The molecule has 8 nitrogen and oxygen atoms in total. The average Bonchev–Trinajstić information content (AvgIpc) is 2.78. The van der Waals surface area contributed by atoms with Crippen LogP contribution in [0.15, 0.2) is 42.6 Å². The van der Waals surface area contributed by atoms with Gasteiger partial charge in [-0.25, -0.2) is 9.97 Å². The molecule has 0 aliphatic carbocycles. The van der Waals surface area contributed by atoms with Crippen molar-refractivity contribution < 1.29 is 23.7 Å². The summed E-state index contributed by atoms with van der Waals surface area (Å²) in [5.41, 5.74) is 2.27. The second kappa shape index (κ2) is 9.01. The van der Waals surface area contributed by atoms with E-state index in [0.717, 1.165) is 11.3 Å². The lowest BCUT2D eigenvalue weighted by atomic mass is 10.1. The molecule has 2 aromatic carbocycles. The Labute approximate surface area is 169 Å². The number of methoxy groups -OCH3 is 5. The van der Waals surface area contributed by atoms with Crippen molar-refractivity contribution in [3.8, 4) is 40.0 Å². The molecule has 0 bridgehead atoms. The normalized spacial score (nSPS) is 10.2. The lowest BCUT2D eigenvalue weighted by Gasteiger charge is -2.14. The largest absolute Gasteiger partial charge is 0.493 e. The minimum Gasteiger partial charge on any atom is -0.493 e. The Balaban J connectivity index is 1.94. The molecular weight excluding hydrogens is 374 g/mol. The smallest absolute Gasteiger partial charge is 0.227 e. The Morgan fingerprint density at radius 3 is 1.93 bits per heavy atom. The van der Waals surface area contributed by atoms with Crippen molar-refractivity contribution in [3.05, 3.63) is 42.6 Å². The summed E-state index contributed by atoms with van der Waals surface area (Å²) in [6, 6.07) is 11.0. The zero-order chi connectivity index (χ0) is 20.8. The van der Waals surface area contributed by atoms with Gasteiger partial charge in [0.05, 0.1) is 41.2 Å². The first-order chi connectivity index (χ1) is 14.1. The first kappa shape index (κ1) is 20.1. The molecule has 152 valence electrons. The predicted octanol–water partition coefficient (Wildman–Crippen LogP) is 3.93. The van der Waals surface area contributed by atoms with Crippen LogP contribution in [0.3, 0.4) is 0 Å². The molecule has 0 fully saturated rings. The fourth-order valence-corrected chi connectivity index (χ4v) is 2.85. The fourth-order valence-electron chi connectivity index (χ4n) is 2.85. The Morgan fingerprint density at radius 2 is 1.34 bits per heavy atom. The number of hydrogen-bond acceptors (Lipinski definition) is 8. The van der Waals surface area contributed by atoms with Crippen molar-refractivity contribution in [2.45, 2.75) is 0 Å². The second-order valence-electron chi connectivity index (χ2n) is 5.87. The fraction of sp³-hybridized carbons (Fsp3) is 0.238. The summed E-state index contributed by atoms with van der Waals surface area (Å²) in [6.07, 6.45) is 1.68. The molecule has 8 heteroatoms. The maximum Gasteiger partial charge on any atom is 0.227 e. The van der Waals surface area contributed by atoms with Crippen molar-refractivity contribution >= 4 is 11.6 Å². The van der Waals surface area contributed by atoms with Crippen molar-refractivity contribution in [2.24, 2.45) is 0 Å². The van der Waals surface area contributed by atoms with Crippen LogP contribution >= 0.6 is 0 Å². The Bertz CT molecular complexity index is 969. The first-order valence-corrected chi connectivity index (χ1v) is 8.76. The summed E-state index contributed by atoms with van der Waals surface area (Å²) in [6.45, 7) is 0. The maximum absolute atomic E-state index is 5.42. The zero-order valence-electron chi connectivity index (χ0n) is 17.0. The molecule has 3 aromatic rings. The summed E-state index contributed by atoms with van der Waals surface area (Å²) in [7, 11) is 7.89. The summed E-state index contributed by atoms with van der Waals surface area (Å²) in [4.78, 5) is 8.89. The minimum atomic E-state index is 0.434. The summed E-state index contributed by atoms with van der Waals surface area (Å²) >= 11 is 0. The molecule has 0 radical (unpaired) electrons. The van der Waals surface area contributed by atoms with Gasteiger partial charge < -0.3 is 29.0 Å². The van der Waals surface area contributed by atoms with Crippen LogP contribution in [0.5, 0.6) is 28.7 Å². The molecule has 1 N–H and O–H groups in total. The molecule has 1 heterocycles. The van der Waals surface area contributed by atoms with Gasteiger partial charge in [0.2, 0.25) is 11.7 Å². The van der Waals surface area contributed by atoms with Crippen LogP contribution in [-0.4, -0.2) is 45.5 Å². The molecule has 0 unspecified atom stereocenters. The molecule has 0 aliphatic rings. The van der Waals surface area contributed by atoms with E-state index < -0.39 is 0 Å². The number of benzene rings is 2. The molecule has 0 saturated carbocycles. The van der Waals surface area contributed by atoms with E-state index in [2.05, 4.69) is 15.3 Å². The first-order valence-electron chi connectivity index (χ1n) is 8.76. The minimum absolute atomic E-state index is 0.434. The van der Waals surface area contributed by atoms with Crippen molar-refractivity contribution in [2.75, 3.05) is 40.9 Å². The van der Waals surface area contributed by atoms with Gasteiger partial charge in [-0.1, -0.05) is 0 Å². The summed E-state index contributed by atoms with van der Waals surface area (Å²) < 4.78 is 26.8. The number of aromatic nitrogens is 2. The number of anilines is 2. The van der Waals surface area contributed by atoms with E-state index in [-0.39, 0.29) is 0 Å². The second-order valence-corrected chi connectivity index (χ2v) is 5.87. The number of nitrogens with one attached hydrogen (secondary N) is 1. The Morgan fingerprint density at radius 1 is 0.690 bits per heavy atom. The van der Waals surface area contributed by atoms with E-state index in [4.69, 9.17) is 23.7 Å². The monoisotopic (exact) mass is 397 g/mol. The molecular formula is C21H23N3O5. The van der Waals surface area contributed by atoms with Gasteiger partial charge in [0, 0.05) is 23.5 Å². The molecule has 0 atom stereocenters. The quantitative estimate of drug-likeness (QED) is 0.612. The topological polar surface area (TPSA) is 84.0 Å². The van der Waals surface area contributed by atoms with E-state index in [1.54, 1.807) is 47.8 Å². The van der Waals surface area contributed by atoms with Gasteiger partial charge >= 0.3 is 0 Å². The zero-order valence-corrected chi connectivity index (χ0v) is 17.0. The third kappa shape index (κ3) is 4.26. The molecule has 0 aliphatic heterocycles. The van der Waals surface area contributed by atoms with Crippen LogP contribution in [0.25, 0.3) is 11.3 Å². The number of nitrogens with zero attached hydrogens (tertiary/aromatic N) is 2. The maximum atomic E-state index is 5.42. The van der Waals surface area contributed by atoms with Gasteiger partial charge in [-0.2, -0.15) is 0 Å². The summed E-state index contributed by atoms with van der Waals surface area (Å²) in [5, 5.41) is 3.17. The highest BCUT2D eigenvalue weighted by atomic mass is 16.5. The van der Waals surface area contributed by atoms with Gasteiger partial charge in [-0.15, -0.1) is 0 Å². The van der Waals surface area contributed by atoms with Crippen molar-refractivity contribution in [1.82, 2.24) is 9.97 Å². The third-order valence-corrected chi connectivity index (χ3v) is 4.26. The van der Waals surface area contributed by atoms with Gasteiger partial charge in [-0.3, -0.25) is 0 Å². The SMILES string of the molecule is COc1ccc(Nc2nccc(-c3cc(OC)c(OC)c(OC)c3)n2)cc1OC. The van der Waals surface area contributed by atoms with Gasteiger partial charge in [0.1, 0.15) is 0 Å². The molecule has 0 amide bonds. The average molecular weight is 397 g/mol. The van der Waals surface area contributed by atoms with Gasteiger partial charge in [0.25, 0.3) is 0 Å². The van der Waals surface area contributed by atoms with Crippen LogP contribution in [0.1, 0.15) is 0 Å². The van der Waals surface area contributed by atoms with Crippen molar-refractivity contribution in [1.29, 1.82) is 0 Å². The van der Waals surface area contributed by atoms with E-state index in [1.807, 2.05) is 30.3 Å². The molecule has 0 saturated heterocycles. The van der Waals surface area contributed by atoms with Crippen molar-refractivity contribution in [3.63, 3.8) is 0 Å². The highest BCUT2D eigenvalue weighted by Gasteiger charge is 2.15. The highest BCUT2D eigenvalue weighted by Crippen LogP contribution is 2.41. The Kier molecular flexibility index (Phi) is 6.23. The van der Waals surface area contributed by atoms with Crippen LogP contribution in [0, 0.1) is 0 Å². The third-order valence-electron chi connectivity index (χ3n) is 4.26. The molecule has 0 spiro atoms. The van der Waals surface area contributed by atoms with Crippen LogP contribution < -0.4 is 29.0 Å². The highest BCUT2D eigenvalue weighted by molar-refractivity contribution is 5.70. The van der Waals surface area contributed by atoms with Crippen LogP contribution in [0.4, 0.5) is 11.6 Å². The predicted molar refractivity (Wildman–Crippen MR) is 110 cm³/mol. The molecule has 1 aromatic heterocycles. The summed E-state index contributed by atoms with van der Waals surface area (Å²) in [5.74, 6) is 3.31. The van der Waals surface area contributed by atoms with E-state index in [9.17, 15) is 0 Å². The number of hydrogen-bond donors (Lipinski definition) is 1.